The van der Waals surface area contributed by atoms with Crippen molar-refractivity contribution in [1.29, 1.82) is 0 Å². The van der Waals surface area contributed by atoms with Gasteiger partial charge in [0.05, 0.1) is 5.41 Å². The van der Waals surface area contributed by atoms with E-state index in [0.29, 0.717) is 6.04 Å². The summed E-state index contributed by atoms with van der Waals surface area (Å²) in [6.45, 7) is 7.20. The maximum Gasteiger partial charge on any atom is 0.131 e. The summed E-state index contributed by atoms with van der Waals surface area (Å²) in [5, 5.41) is 0. The number of nitrogens with zero attached hydrogens (tertiary/aromatic N) is 1. The third kappa shape index (κ3) is 3.67. The number of benzene rings is 1. The number of aldehydes is 1. The van der Waals surface area contributed by atoms with Gasteiger partial charge in [-0.25, -0.2) is 0 Å². The number of rotatable bonds is 7. The van der Waals surface area contributed by atoms with Crippen LogP contribution in [0.1, 0.15) is 39.2 Å². The first-order valence-corrected chi connectivity index (χ1v) is 6.75. The van der Waals surface area contributed by atoms with E-state index in [2.05, 4.69) is 25.8 Å². The first-order valence-electron chi connectivity index (χ1n) is 6.75. The number of hydrogen-bond donors (Lipinski definition) is 0. The van der Waals surface area contributed by atoms with Crippen molar-refractivity contribution in [2.45, 2.75) is 45.1 Å². The molecular formula is C16H25NO. The highest BCUT2D eigenvalue weighted by Gasteiger charge is 2.28. The van der Waals surface area contributed by atoms with Crippen LogP contribution in [0.25, 0.3) is 0 Å². The molecule has 2 heteroatoms. The number of carbonyl (C=O) groups excluding carboxylic acids is 1. The summed E-state index contributed by atoms with van der Waals surface area (Å²) >= 11 is 0. The van der Waals surface area contributed by atoms with Gasteiger partial charge in [0.2, 0.25) is 0 Å². The van der Waals surface area contributed by atoms with Gasteiger partial charge in [0.1, 0.15) is 6.29 Å². The van der Waals surface area contributed by atoms with E-state index in [1.54, 1.807) is 0 Å². The molecular weight excluding hydrogens is 222 g/mol. The summed E-state index contributed by atoms with van der Waals surface area (Å²) in [7, 11) is 2.10. The van der Waals surface area contributed by atoms with Gasteiger partial charge in [-0.1, -0.05) is 43.7 Å². The van der Waals surface area contributed by atoms with Gasteiger partial charge in [0.15, 0.2) is 0 Å². The summed E-state index contributed by atoms with van der Waals surface area (Å²) in [6, 6.07) is 10.6. The highest BCUT2D eigenvalue weighted by atomic mass is 16.1. The van der Waals surface area contributed by atoms with Gasteiger partial charge in [-0.3, -0.25) is 0 Å². The van der Waals surface area contributed by atoms with E-state index < -0.39 is 5.41 Å². The van der Waals surface area contributed by atoms with Crippen molar-refractivity contribution in [2.24, 2.45) is 0 Å². The second-order valence-corrected chi connectivity index (χ2v) is 5.45. The van der Waals surface area contributed by atoms with Crippen molar-refractivity contribution in [2.75, 3.05) is 13.6 Å². The van der Waals surface area contributed by atoms with Crippen LogP contribution in [0.4, 0.5) is 0 Å². The van der Waals surface area contributed by atoms with Crippen molar-refractivity contribution >= 4 is 6.29 Å². The second kappa shape index (κ2) is 6.69. The largest absolute Gasteiger partial charge is 0.302 e. The molecule has 0 fully saturated rings. The molecule has 0 saturated carbocycles. The molecule has 0 bridgehead atoms. The standard InChI is InChI=1S/C16H25NO/c1-5-9-14(2)17(4)12-16(3,13-18)15-10-7-6-8-11-15/h6-8,10-11,13-14H,5,9,12H2,1-4H3. The summed E-state index contributed by atoms with van der Waals surface area (Å²) in [6.07, 6.45) is 3.42. The quantitative estimate of drug-likeness (QED) is 0.689. The Bertz CT molecular complexity index is 363. The maximum absolute atomic E-state index is 11.5. The monoisotopic (exact) mass is 247 g/mol. The van der Waals surface area contributed by atoms with Crippen molar-refractivity contribution in [3.8, 4) is 0 Å². The molecule has 2 nitrogen and oxygen atoms in total. The lowest BCUT2D eigenvalue weighted by Gasteiger charge is -2.33. The molecule has 0 aliphatic carbocycles. The van der Waals surface area contributed by atoms with Crippen molar-refractivity contribution in [3.63, 3.8) is 0 Å². The SMILES string of the molecule is CCCC(C)N(C)CC(C)(C=O)c1ccccc1. The Morgan fingerprint density at radius 3 is 2.44 bits per heavy atom. The van der Waals surface area contributed by atoms with E-state index in [9.17, 15) is 4.79 Å². The highest BCUT2D eigenvalue weighted by molar-refractivity contribution is 5.68. The van der Waals surface area contributed by atoms with Crippen molar-refractivity contribution in [1.82, 2.24) is 4.90 Å². The van der Waals surface area contributed by atoms with E-state index in [4.69, 9.17) is 0 Å². The van der Waals surface area contributed by atoms with Gasteiger partial charge in [-0.05, 0) is 32.9 Å². The lowest BCUT2D eigenvalue weighted by Crippen LogP contribution is -2.42. The summed E-state index contributed by atoms with van der Waals surface area (Å²) in [5.41, 5.74) is 0.674. The van der Waals surface area contributed by atoms with Crippen LogP contribution in [-0.2, 0) is 10.2 Å². The third-order valence-corrected chi connectivity index (χ3v) is 3.73. The number of likely N-dealkylation sites (N-methyl/N-ethyl adjacent to an activating group) is 1. The highest BCUT2D eigenvalue weighted by Crippen LogP contribution is 2.23. The van der Waals surface area contributed by atoms with Gasteiger partial charge >= 0.3 is 0 Å². The lowest BCUT2D eigenvalue weighted by molar-refractivity contribution is -0.112. The van der Waals surface area contributed by atoms with Gasteiger partial charge in [0, 0.05) is 12.6 Å². The van der Waals surface area contributed by atoms with Gasteiger partial charge in [-0.2, -0.15) is 0 Å². The van der Waals surface area contributed by atoms with Crippen LogP contribution in [-0.4, -0.2) is 30.8 Å². The Hall–Kier alpha value is -1.15. The summed E-state index contributed by atoms with van der Waals surface area (Å²) in [4.78, 5) is 13.8. The zero-order valence-corrected chi connectivity index (χ0v) is 12.0. The Kier molecular flexibility index (Phi) is 5.54. The fourth-order valence-corrected chi connectivity index (χ4v) is 2.33. The molecule has 2 unspecified atom stereocenters. The minimum Gasteiger partial charge on any atom is -0.302 e. The Morgan fingerprint density at radius 1 is 1.33 bits per heavy atom. The molecule has 0 amide bonds. The van der Waals surface area contributed by atoms with Crippen LogP contribution in [0.2, 0.25) is 0 Å². The first-order chi connectivity index (χ1) is 8.53. The van der Waals surface area contributed by atoms with E-state index in [1.165, 1.54) is 12.8 Å². The fourth-order valence-electron chi connectivity index (χ4n) is 2.33. The maximum atomic E-state index is 11.5. The molecule has 0 heterocycles. The first kappa shape index (κ1) is 14.9. The molecule has 0 N–H and O–H groups in total. The van der Waals surface area contributed by atoms with Crippen LogP contribution in [0.15, 0.2) is 30.3 Å². The molecule has 0 aliphatic rings. The van der Waals surface area contributed by atoms with Crippen LogP contribution in [0.5, 0.6) is 0 Å². The molecule has 0 saturated heterocycles. The zero-order valence-electron chi connectivity index (χ0n) is 12.0. The Morgan fingerprint density at radius 2 is 1.94 bits per heavy atom. The predicted molar refractivity (Wildman–Crippen MR) is 76.9 cm³/mol. The molecule has 18 heavy (non-hydrogen) atoms. The molecule has 1 rings (SSSR count). The van der Waals surface area contributed by atoms with Gasteiger partial charge in [0.25, 0.3) is 0 Å². The van der Waals surface area contributed by atoms with E-state index >= 15 is 0 Å². The normalized spacial score (nSPS) is 16.3. The summed E-state index contributed by atoms with van der Waals surface area (Å²) in [5.74, 6) is 0. The molecule has 1 aromatic carbocycles. The van der Waals surface area contributed by atoms with Crippen LogP contribution >= 0.6 is 0 Å². The second-order valence-electron chi connectivity index (χ2n) is 5.45. The van der Waals surface area contributed by atoms with Crippen molar-refractivity contribution in [3.05, 3.63) is 35.9 Å². The average Bonchev–Trinajstić information content (AvgIpc) is 2.39. The molecule has 0 aliphatic heterocycles. The van der Waals surface area contributed by atoms with Crippen molar-refractivity contribution < 1.29 is 4.79 Å². The van der Waals surface area contributed by atoms with Crippen LogP contribution < -0.4 is 0 Å². The molecule has 2 atom stereocenters. The van der Waals surface area contributed by atoms with E-state index in [-0.39, 0.29) is 0 Å². The minimum absolute atomic E-state index is 0.419. The van der Waals surface area contributed by atoms with Gasteiger partial charge < -0.3 is 9.69 Å². The summed E-state index contributed by atoms with van der Waals surface area (Å²) < 4.78 is 0. The third-order valence-electron chi connectivity index (χ3n) is 3.73. The minimum atomic E-state index is -0.419. The number of carbonyl (C=O) groups is 1. The molecule has 0 spiro atoms. The molecule has 100 valence electrons. The molecule has 1 aromatic rings. The smallest absolute Gasteiger partial charge is 0.131 e. The topological polar surface area (TPSA) is 20.3 Å². The van der Waals surface area contributed by atoms with Gasteiger partial charge in [-0.15, -0.1) is 0 Å². The fraction of sp³-hybridized carbons (Fsp3) is 0.562. The van der Waals surface area contributed by atoms with Crippen LogP contribution in [0.3, 0.4) is 0 Å². The van der Waals surface area contributed by atoms with E-state index in [1.807, 2.05) is 37.3 Å². The van der Waals surface area contributed by atoms with E-state index in [0.717, 1.165) is 18.4 Å². The Labute approximate surface area is 111 Å². The van der Waals surface area contributed by atoms with Crippen LogP contribution in [0, 0.1) is 0 Å². The lowest BCUT2D eigenvalue weighted by atomic mass is 9.83. The predicted octanol–water partition coefficient (Wildman–Crippen LogP) is 3.26. The average molecular weight is 247 g/mol. The number of hydrogen-bond acceptors (Lipinski definition) is 2. The Balaban J connectivity index is 2.80. The molecule has 0 radical (unpaired) electrons. The molecule has 0 aromatic heterocycles. The zero-order chi connectivity index (χ0) is 13.6.